The molecule has 0 unspecified atom stereocenters. The highest BCUT2D eigenvalue weighted by molar-refractivity contribution is 7.98. The minimum atomic E-state index is -0.354. The summed E-state index contributed by atoms with van der Waals surface area (Å²) >= 11 is 7.65. The Labute approximate surface area is 171 Å². The van der Waals surface area contributed by atoms with E-state index in [0.29, 0.717) is 16.7 Å². The van der Waals surface area contributed by atoms with Gasteiger partial charge in [-0.15, -0.1) is 10.2 Å². The molecule has 5 nitrogen and oxygen atoms in total. The van der Waals surface area contributed by atoms with E-state index in [4.69, 9.17) is 11.6 Å². The third kappa shape index (κ3) is 4.20. The number of halogens is 2. The smallest absolute Gasteiger partial charge is 0.221 e. The summed E-state index contributed by atoms with van der Waals surface area (Å²) in [7, 11) is 0. The number of benzene rings is 2. The van der Waals surface area contributed by atoms with Gasteiger partial charge in [-0.05, 0) is 48.7 Å². The molecule has 0 saturated heterocycles. The van der Waals surface area contributed by atoms with Crippen LogP contribution in [-0.4, -0.2) is 20.7 Å². The van der Waals surface area contributed by atoms with Gasteiger partial charge in [-0.25, -0.2) is 4.39 Å². The van der Waals surface area contributed by atoms with Gasteiger partial charge in [0.05, 0.1) is 5.69 Å². The zero-order valence-electron chi connectivity index (χ0n) is 15.2. The number of nitrogens with one attached hydrogen (secondary N) is 1. The van der Waals surface area contributed by atoms with Gasteiger partial charge in [0.1, 0.15) is 11.6 Å². The zero-order valence-corrected chi connectivity index (χ0v) is 16.7. The van der Waals surface area contributed by atoms with E-state index in [0.717, 1.165) is 40.8 Å². The van der Waals surface area contributed by atoms with Crippen molar-refractivity contribution in [1.29, 1.82) is 0 Å². The summed E-state index contributed by atoms with van der Waals surface area (Å²) in [5.74, 6) is 1.40. The summed E-state index contributed by atoms with van der Waals surface area (Å²) in [4.78, 5) is 11.4. The van der Waals surface area contributed by atoms with Crippen LogP contribution in [0.5, 0.6) is 0 Å². The van der Waals surface area contributed by atoms with Crippen molar-refractivity contribution in [3.8, 4) is 5.69 Å². The SMILES string of the molecule is CC(=O)Nc1cccc(-n2c(SCc3ccc(F)cc3Cl)nnc2C2CC2)c1. The molecule has 8 heteroatoms. The average Bonchev–Trinajstić information content (AvgIpc) is 3.40. The Balaban J connectivity index is 1.65. The molecule has 1 aliphatic carbocycles. The van der Waals surface area contributed by atoms with Gasteiger partial charge in [0.15, 0.2) is 5.16 Å². The number of amides is 1. The van der Waals surface area contributed by atoms with E-state index in [1.54, 1.807) is 6.07 Å². The highest BCUT2D eigenvalue weighted by Gasteiger charge is 2.31. The Morgan fingerprint density at radius 1 is 1.29 bits per heavy atom. The number of aromatic nitrogens is 3. The highest BCUT2D eigenvalue weighted by Crippen LogP contribution is 2.41. The molecule has 28 heavy (non-hydrogen) atoms. The summed E-state index contributed by atoms with van der Waals surface area (Å²) in [6, 6.07) is 12.0. The van der Waals surface area contributed by atoms with Crippen molar-refractivity contribution in [3.63, 3.8) is 0 Å². The van der Waals surface area contributed by atoms with E-state index in [1.165, 1.54) is 30.8 Å². The first kappa shape index (κ1) is 19.0. The first-order valence-corrected chi connectivity index (χ1v) is 10.3. The van der Waals surface area contributed by atoms with Crippen molar-refractivity contribution >= 4 is 35.0 Å². The van der Waals surface area contributed by atoms with Crippen LogP contribution in [0.25, 0.3) is 5.69 Å². The van der Waals surface area contributed by atoms with E-state index >= 15 is 0 Å². The van der Waals surface area contributed by atoms with Crippen LogP contribution < -0.4 is 5.32 Å². The Hall–Kier alpha value is -2.38. The molecule has 1 fully saturated rings. The zero-order chi connectivity index (χ0) is 19.7. The third-order valence-electron chi connectivity index (χ3n) is 4.40. The first-order valence-electron chi connectivity index (χ1n) is 8.91. The van der Waals surface area contributed by atoms with E-state index < -0.39 is 0 Å². The van der Waals surface area contributed by atoms with Crippen LogP contribution in [0, 0.1) is 5.82 Å². The molecule has 2 aromatic carbocycles. The lowest BCUT2D eigenvalue weighted by atomic mass is 10.2. The maximum Gasteiger partial charge on any atom is 0.221 e. The lowest BCUT2D eigenvalue weighted by Gasteiger charge is -2.12. The van der Waals surface area contributed by atoms with E-state index in [1.807, 2.05) is 28.8 Å². The number of carbonyl (C=O) groups excluding carboxylic acids is 1. The molecule has 1 amide bonds. The third-order valence-corrected chi connectivity index (χ3v) is 5.73. The molecule has 1 aromatic heterocycles. The van der Waals surface area contributed by atoms with E-state index in [-0.39, 0.29) is 11.7 Å². The summed E-state index contributed by atoms with van der Waals surface area (Å²) in [5, 5.41) is 12.7. The van der Waals surface area contributed by atoms with Gasteiger partial charge < -0.3 is 5.32 Å². The number of anilines is 1. The highest BCUT2D eigenvalue weighted by atomic mass is 35.5. The molecule has 0 spiro atoms. The summed E-state index contributed by atoms with van der Waals surface area (Å²) in [6.07, 6.45) is 2.19. The molecular weight excluding hydrogens is 399 g/mol. The second kappa shape index (κ2) is 7.93. The topological polar surface area (TPSA) is 59.8 Å². The lowest BCUT2D eigenvalue weighted by Crippen LogP contribution is -2.07. The quantitative estimate of drug-likeness (QED) is 0.562. The summed E-state index contributed by atoms with van der Waals surface area (Å²) < 4.78 is 15.3. The standard InChI is InChI=1S/C20H18ClFN4OS/c1-12(27)23-16-3-2-4-17(10-16)26-19(13-5-6-13)24-25-20(26)28-11-14-7-8-15(22)9-18(14)21/h2-4,7-10,13H,5-6,11H2,1H3,(H,23,27). The lowest BCUT2D eigenvalue weighted by molar-refractivity contribution is -0.114. The van der Waals surface area contributed by atoms with Gasteiger partial charge in [-0.2, -0.15) is 0 Å². The molecular formula is C20H18ClFN4OS. The van der Waals surface area contributed by atoms with Gasteiger partial charge in [-0.1, -0.05) is 35.5 Å². The first-order chi connectivity index (χ1) is 13.5. The second-order valence-electron chi connectivity index (χ2n) is 6.71. The molecule has 144 valence electrons. The minimum absolute atomic E-state index is 0.121. The van der Waals surface area contributed by atoms with Gasteiger partial charge >= 0.3 is 0 Å². The van der Waals surface area contributed by atoms with Crippen molar-refractivity contribution in [3.05, 3.63) is 64.7 Å². The number of carbonyl (C=O) groups is 1. The van der Waals surface area contributed by atoms with Gasteiger partial charge in [-0.3, -0.25) is 9.36 Å². The predicted molar refractivity (Wildman–Crippen MR) is 109 cm³/mol. The molecule has 1 saturated carbocycles. The maximum absolute atomic E-state index is 13.3. The average molecular weight is 417 g/mol. The molecule has 0 radical (unpaired) electrons. The van der Waals surface area contributed by atoms with Crippen LogP contribution in [-0.2, 0) is 10.5 Å². The molecule has 1 N–H and O–H groups in total. The molecule has 3 aromatic rings. The fraction of sp³-hybridized carbons (Fsp3) is 0.250. The van der Waals surface area contributed by atoms with E-state index in [2.05, 4.69) is 15.5 Å². The van der Waals surface area contributed by atoms with Crippen LogP contribution in [0.1, 0.15) is 37.1 Å². The predicted octanol–water partition coefficient (Wildman–Crippen LogP) is 5.19. The fourth-order valence-electron chi connectivity index (χ4n) is 2.93. The van der Waals surface area contributed by atoms with Crippen LogP contribution in [0.4, 0.5) is 10.1 Å². The minimum Gasteiger partial charge on any atom is -0.326 e. The fourth-order valence-corrected chi connectivity index (χ4v) is 4.21. The molecule has 0 bridgehead atoms. The van der Waals surface area contributed by atoms with Crippen molar-refractivity contribution in [2.45, 2.75) is 36.6 Å². The summed E-state index contributed by atoms with van der Waals surface area (Å²) in [6.45, 7) is 1.48. The molecule has 0 atom stereocenters. The second-order valence-corrected chi connectivity index (χ2v) is 8.06. The van der Waals surface area contributed by atoms with Gasteiger partial charge in [0, 0.05) is 29.3 Å². The number of nitrogens with zero attached hydrogens (tertiary/aromatic N) is 3. The van der Waals surface area contributed by atoms with Crippen molar-refractivity contribution in [2.24, 2.45) is 0 Å². The Bertz CT molecular complexity index is 1030. The maximum atomic E-state index is 13.3. The van der Waals surface area contributed by atoms with Crippen LogP contribution >= 0.6 is 23.4 Å². The Morgan fingerprint density at radius 2 is 2.11 bits per heavy atom. The molecule has 0 aliphatic heterocycles. The Kier molecular flexibility index (Phi) is 5.37. The molecule has 4 rings (SSSR count). The summed E-state index contributed by atoms with van der Waals surface area (Å²) in [5.41, 5.74) is 2.45. The van der Waals surface area contributed by atoms with Crippen LogP contribution in [0.2, 0.25) is 5.02 Å². The van der Waals surface area contributed by atoms with Crippen LogP contribution in [0.3, 0.4) is 0 Å². The largest absolute Gasteiger partial charge is 0.326 e. The van der Waals surface area contributed by atoms with E-state index in [9.17, 15) is 9.18 Å². The van der Waals surface area contributed by atoms with Gasteiger partial charge in [0.2, 0.25) is 5.91 Å². The van der Waals surface area contributed by atoms with Crippen molar-refractivity contribution < 1.29 is 9.18 Å². The molecule has 1 heterocycles. The number of thioether (sulfide) groups is 1. The number of hydrogen-bond acceptors (Lipinski definition) is 4. The number of hydrogen-bond donors (Lipinski definition) is 1. The van der Waals surface area contributed by atoms with Crippen molar-refractivity contribution in [1.82, 2.24) is 14.8 Å². The molecule has 1 aliphatic rings. The monoisotopic (exact) mass is 416 g/mol. The van der Waals surface area contributed by atoms with Crippen molar-refractivity contribution in [2.75, 3.05) is 5.32 Å². The normalized spacial score (nSPS) is 13.5. The number of rotatable bonds is 6. The Morgan fingerprint density at radius 3 is 2.82 bits per heavy atom. The van der Waals surface area contributed by atoms with Crippen LogP contribution in [0.15, 0.2) is 47.6 Å². The van der Waals surface area contributed by atoms with Gasteiger partial charge in [0.25, 0.3) is 0 Å².